The third-order valence-electron chi connectivity index (χ3n) is 2.03. The fraction of sp³-hybridized carbons (Fsp3) is 0.250. The highest BCUT2D eigenvalue weighted by atomic mass is 32.1. The summed E-state index contributed by atoms with van der Waals surface area (Å²) in [7, 11) is 0. The van der Waals surface area contributed by atoms with Crippen molar-refractivity contribution in [3.05, 3.63) is 27.4 Å². The molecule has 3 N–H and O–H groups in total. The van der Waals surface area contributed by atoms with Gasteiger partial charge in [0.1, 0.15) is 5.52 Å². The summed E-state index contributed by atoms with van der Waals surface area (Å²) in [5, 5.41) is 8.84. The molecule has 0 saturated heterocycles. The van der Waals surface area contributed by atoms with Crippen molar-refractivity contribution < 1.29 is 5.11 Å². The van der Waals surface area contributed by atoms with E-state index in [1.165, 1.54) is 0 Å². The van der Waals surface area contributed by atoms with Gasteiger partial charge in [-0.25, -0.2) is 0 Å². The second kappa shape index (κ2) is 3.39. The molecule has 0 aromatic carbocycles. The molecule has 2 rings (SSSR count). The van der Waals surface area contributed by atoms with Gasteiger partial charge in [-0.1, -0.05) is 0 Å². The van der Waals surface area contributed by atoms with E-state index in [0.29, 0.717) is 22.3 Å². The molecule has 0 amide bonds. The Morgan fingerprint density at radius 2 is 2.36 bits per heavy atom. The molecule has 0 atom stereocenters. The normalized spacial score (nSPS) is 10.9. The van der Waals surface area contributed by atoms with Crippen molar-refractivity contribution >= 4 is 23.3 Å². The number of rotatable bonds is 2. The largest absolute Gasteiger partial charge is 0.395 e. The van der Waals surface area contributed by atoms with E-state index in [4.69, 9.17) is 17.3 Å². The van der Waals surface area contributed by atoms with E-state index in [9.17, 15) is 4.79 Å². The molecular weight excluding hydrogens is 202 g/mol. The Hall–Kier alpha value is -1.40. The minimum Gasteiger partial charge on any atom is -0.395 e. The lowest BCUT2D eigenvalue weighted by Gasteiger charge is -2.05. The predicted octanol–water partition coefficient (Wildman–Crippen LogP) is 0.379. The van der Waals surface area contributed by atoms with E-state index >= 15 is 0 Å². The van der Waals surface area contributed by atoms with Gasteiger partial charge in [-0.15, -0.1) is 0 Å². The van der Waals surface area contributed by atoms with Crippen LogP contribution in [0.3, 0.4) is 0 Å². The molecule has 0 unspecified atom stereocenters. The molecule has 2 aromatic rings. The first-order valence-corrected chi connectivity index (χ1v) is 4.56. The second-order valence-corrected chi connectivity index (χ2v) is 3.26. The Balaban J connectivity index is 2.86. The number of hydrogen-bond acceptors (Lipinski definition) is 3. The van der Waals surface area contributed by atoms with Crippen LogP contribution in [0.4, 0.5) is 0 Å². The van der Waals surface area contributed by atoms with Gasteiger partial charge in [-0.2, -0.15) is 0 Å². The van der Waals surface area contributed by atoms with Crippen molar-refractivity contribution in [2.45, 2.75) is 6.54 Å². The molecule has 5 nitrogen and oxygen atoms in total. The van der Waals surface area contributed by atoms with E-state index < -0.39 is 0 Å². The van der Waals surface area contributed by atoms with E-state index in [-0.39, 0.29) is 12.2 Å². The number of nitrogens with zero attached hydrogens (tertiary/aromatic N) is 1. The zero-order valence-corrected chi connectivity index (χ0v) is 8.10. The number of hydrogen-bond donors (Lipinski definition) is 3. The van der Waals surface area contributed by atoms with Crippen LogP contribution in [0.2, 0.25) is 0 Å². The van der Waals surface area contributed by atoms with Crippen LogP contribution in [0.1, 0.15) is 0 Å². The molecule has 74 valence electrons. The van der Waals surface area contributed by atoms with Crippen molar-refractivity contribution in [2.75, 3.05) is 6.61 Å². The summed E-state index contributed by atoms with van der Waals surface area (Å²) in [5.74, 6) is 0. The van der Waals surface area contributed by atoms with Gasteiger partial charge >= 0.3 is 0 Å². The minimum absolute atomic E-state index is 0.0133. The maximum atomic E-state index is 11.4. The van der Waals surface area contributed by atoms with Crippen molar-refractivity contribution in [3.8, 4) is 0 Å². The zero-order valence-electron chi connectivity index (χ0n) is 7.28. The summed E-state index contributed by atoms with van der Waals surface area (Å²) in [6, 6.07) is 1.76. The van der Waals surface area contributed by atoms with Crippen LogP contribution >= 0.6 is 12.2 Å². The standard InChI is InChI=1S/C8H9N3O2S/c12-4-3-11-5-1-2-9-6(5)7(13)10-8(11)14/h1-2,9,12H,3-4H2,(H,10,13,14). The number of aromatic nitrogens is 3. The lowest BCUT2D eigenvalue weighted by molar-refractivity contribution is 0.276. The zero-order chi connectivity index (χ0) is 10.1. The van der Waals surface area contributed by atoms with Gasteiger partial charge in [0.15, 0.2) is 4.77 Å². The van der Waals surface area contributed by atoms with Gasteiger partial charge in [-0.3, -0.25) is 9.78 Å². The van der Waals surface area contributed by atoms with E-state index in [2.05, 4.69) is 9.97 Å². The quantitative estimate of drug-likeness (QED) is 0.629. The number of aliphatic hydroxyl groups is 1. The van der Waals surface area contributed by atoms with Gasteiger partial charge in [0.25, 0.3) is 5.56 Å². The third-order valence-corrected chi connectivity index (χ3v) is 2.35. The van der Waals surface area contributed by atoms with Crippen LogP contribution in [0, 0.1) is 4.77 Å². The van der Waals surface area contributed by atoms with Gasteiger partial charge < -0.3 is 14.7 Å². The molecule has 2 heterocycles. The van der Waals surface area contributed by atoms with Crippen LogP contribution in [0.5, 0.6) is 0 Å². The lowest BCUT2D eigenvalue weighted by Crippen LogP contribution is -2.15. The fourth-order valence-corrected chi connectivity index (χ4v) is 1.71. The van der Waals surface area contributed by atoms with E-state index in [0.717, 1.165) is 0 Å². The Kier molecular flexibility index (Phi) is 2.22. The first kappa shape index (κ1) is 9.17. The second-order valence-electron chi connectivity index (χ2n) is 2.87. The van der Waals surface area contributed by atoms with Crippen molar-refractivity contribution in [1.29, 1.82) is 0 Å². The maximum Gasteiger partial charge on any atom is 0.276 e. The van der Waals surface area contributed by atoms with Crippen LogP contribution < -0.4 is 5.56 Å². The highest BCUT2D eigenvalue weighted by Gasteiger charge is 2.04. The maximum absolute atomic E-state index is 11.4. The lowest BCUT2D eigenvalue weighted by atomic mass is 10.4. The third kappa shape index (κ3) is 1.28. The highest BCUT2D eigenvalue weighted by molar-refractivity contribution is 7.71. The Bertz CT molecular complexity index is 566. The minimum atomic E-state index is -0.232. The van der Waals surface area contributed by atoms with Crippen molar-refractivity contribution in [1.82, 2.24) is 14.5 Å². The van der Waals surface area contributed by atoms with Crippen molar-refractivity contribution in [2.24, 2.45) is 0 Å². The summed E-state index contributed by atoms with van der Waals surface area (Å²) in [4.78, 5) is 16.7. The number of H-pyrrole nitrogens is 2. The molecule has 0 radical (unpaired) electrons. The summed E-state index contributed by atoms with van der Waals surface area (Å²) >= 11 is 4.98. The average Bonchev–Trinajstić information content (AvgIpc) is 2.60. The molecule has 14 heavy (non-hydrogen) atoms. The van der Waals surface area contributed by atoms with Crippen LogP contribution in [-0.2, 0) is 6.54 Å². The van der Waals surface area contributed by atoms with Crippen LogP contribution in [-0.4, -0.2) is 26.2 Å². The summed E-state index contributed by atoms with van der Waals surface area (Å²) in [5.41, 5.74) is 0.962. The molecule has 0 fully saturated rings. The summed E-state index contributed by atoms with van der Waals surface area (Å²) < 4.78 is 2.01. The van der Waals surface area contributed by atoms with Gasteiger partial charge in [0, 0.05) is 12.7 Å². The van der Waals surface area contributed by atoms with Crippen molar-refractivity contribution in [3.63, 3.8) is 0 Å². The smallest absolute Gasteiger partial charge is 0.276 e. The number of aromatic amines is 2. The Morgan fingerprint density at radius 3 is 3.07 bits per heavy atom. The van der Waals surface area contributed by atoms with Gasteiger partial charge in [0.05, 0.1) is 12.1 Å². The van der Waals surface area contributed by atoms with Crippen LogP contribution in [0.25, 0.3) is 11.0 Å². The fourth-order valence-electron chi connectivity index (χ4n) is 1.43. The molecule has 2 aromatic heterocycles. The SMILES string of the molecule is O=c1[nH]c(=S)n(CCO)c2cc[nH]c12. The number of aliphatic hydroxyl groups excluding tert-OH is 1. The average molecular weight is 211 g/mol. The summed E-state index contributed by atoms with van der Waals surface area (Å²) in [6.45, 7) is 0.366. The molecule has 0 spiro atoms. The molecule has 0 aliphatic heterocycles. The van der Waals surface area contributed by atoms with E-state index in [1.54, 1.807) is 16.8 Å². The highest BCUT2D eigenvalue weighted by Crippen LogP contribution is 2.07. The first-order chi connectivity index (χ1) is 6.74. The molecule has 0 aliphatic carbocycles. The van der Waals surface area contributed by atoms with Crippen LogP contribution in [0.15, 0.2) is 17.1 Å². The number of fused-ring (bicyclic) bond motifs is 1. The van der Waals surface area contributed by atoms with Gasteiger partial charge in [0.2, 0.25) is 0 Å². The molecular formula is C8H9N3O2S. The van der Waals surface area contributed by atoms with E-state index in [1.807, 2.05) is 0 Å². The molecule has 6 heteroatoms. The van der Waals surface area contributed by atoms with Gasteiger partial charge in [-0.05, 0) is 18.3 Å². The topological polar surface area (TPSA) is 73.8 Å². The molecule has 0 bridgehead atoms. The molecule has 0 saturated carbocycles. The number of nitrogens with one attached hydrogen (secondary N) is 2. The Morgan fingerprint density at radius 1 is 1.57 bits per heavy atom. The Labute approximate surface area is 84.0 Å². The summed E-state index contributed by atoms with van der Waals surface area (Å²) in [6.07, 6.45) is 1.67. The molecule has 0 aliphatic rings. The first-order valence-electron chi connectivity index (χ1n) is 4.15. The monoisotopic (exact) mass is 211 g/mol. The predicted molar refractivity (Wildman–Crippen MR) is 54.8 cm³/mol.